The minimum atomic E-state index is -4.83. The molecule has 1 aromatic rings. The fourth-order valence-corrected chi connectivity index (χ4v) is 2.07. The van der Waals surface area contributed by atoms with Gasteiger partial charge >= 0.3 is 12.1 Å². The average molecular weight is 288 g/mol. The van der Waals surface area contributed by atoms with Crippen LogP contribution >= 0.6 is 0 Å². The Kier molecular flexibility index (Phi) is 3.15. The summed E-state index contributed by atoms with van der Waals surface area (Å²) in [6.45, 7) is 3.00. The summed E-state index contributed by atoms with van der Waals surface area (Å²) in [6.07, 6.45) is -6.45. The number of aromatic hydroxyl groups is 1. The first kappa shape index (κ1) is 14.2. The molecule has 1 atom stereocenters. The molecule has 0 unspecified atom stereocenters. The summed E-state index contributed by atoms with van der Waals surface area (Å²) in [6, 6.07) is 1.26. The summed E-state index contributed by atoms with van der Waals surface area (Å²) >= 11 is 0. The molecule has 4 nitrogen and oxygen atoms in total. The van der Waals surface area contributed by atoms with Crippen molar-refractivity contribution in [3.8, 4) is 11.5 Å². The van der Waals surface area contributed by atoms with E-state index in [1.807, 2.05) is 0 Å². The van der Waals surface area contributed by atoms with E-state index < -0.39 is 23.8 Å². The van der Waals surface area contributed by atoms with E-state index >= 15 is 0 Å². The second-order valence-corrected chi connectivity index (χ2v) is 4.52. The van der Waals surface area contributed by atoms with Crippen LogP contribution in [-0.2, 0) is 4.79 Å². The van der Waals surface area contributed by atoms with E-state index in [1.54, 1.807) is 0 Å². The van der Waals surface area contributed by atoms with Crippen molar-refractivity contribution in [1.82, 2.24) is 0 Å². The summed E-state index contributed by atoms with van der Waals surface area (Å²) in [5.41, 5.74) is -0.129. The molecule has 0 radical (unpaired) electrons. The van der Waals surface area contributed by atoms with Gasteiger partial charge in [-0.3, -0.25) is 0 Å². The van der Waals surface area contributed by atoms with Gasteiger partial charge in [0.25, 0.3) is 0 Å². The lowest BCUT2D eigenvalue weighted by Gasteiger charge is -2.28. The number of benzene rings is 1. The van der Waals surface area contributed by atoms with Crippen molar-refractivity contribution in [2.24, 2.45) is 0 Å². The first-order valence-corrected chi connectivity index (χ1v) is 5.64. The predicted octanol–water partition coefficient (Wildman–Crippen LogP) is 2.80. The summed E-state index contributed by atoms with van der Waals surface area (Å²) in [7, 11) is 0. The Hall–Kier alpha value is -2.18. The van der Waals surface area contributed by atoms with E-state index in [-0.39, 0.29) is 22.6 Å². The van der Waals surface area contributed by atoms with Crippen LogP contribution in [0.3, 0.4) is 0 Å². The van der Waals surface area contributed by atoms with Crippen LogP contribution in [0, 0.1) is 13.8 Å². The lowest BCUT2D eigenvalue weighted by Crippen LogP contribution is -2.40. The minimum Gasteiger partial charge on any atom is -0.507 e. The number of aryl methyl sites for hydroxylation is 1. The molecule has 2 rings (SSSR count). The highest BCUT2D eigenvalue weighted by molar-refractivity contribution is 5.95. The topological polar surface area (TPSA) is 66.8 Å². The Balaban J connectivity index is 2.66. The number of fused-ring (bicyclic) bond motifs is 1. The monoisotopic (exact) mass is 288 g/mol. The summed E-state index contributed by atoms with van der Waals surface area (Å²) in [5.74, 6) is -1.90. The van der Waals surface area contributed by atoms with Crippen molar-refractivity contribution in [3.05, 3.63) is 28.3 Å². The normalized spacial score (nSPS) is 18.1. The van der Waals surface area contributed by atoms with Crippen LogP contribution in [0.25, 0.3) is 6.08 Å². The molecule has 1 heterocycles. The third-order valence-corrected chi connectivity index (χ3v) is 3.12. The van der Waals surface area contributed by atoms with Gasteiger partial charge in [-0.25, -0.2) is 4.79 Å². The number of halogens is 3. The number of hydrogen-bond acceptors (Lipinski definition) is 3. The van der Waals surface area contributed by atoms with Crippen molar-refractivity contribution >= 4 is 12.0 Å². The van der Waals surface area contributed by atoms with E-state index in [2.05, 4.69) is 0 Å². The van der Waals surface area contributed by atoms with Gasteiger partial charge in [-0.1, -0.05) is 0 Å². The van der Waals surface area contributed by atoms with E-state index in [0.29, 0.717) is 5.56 Å². The molecular weight excluding hydrogens is 277 g/mol. The van der Waals surface area contributed by atoms with Gasteiger partial charge in [0, 0.05) is 11.1 Å². The van der Waals surface area contributed by atoms with Crippen LogP contribution in [0.15, 0.2) is 11.6 Å². The van der Waals surface area contributed by atoms with Crippen molar-refractivity contribution in [3.63, 3.8) is 0 Å². The molecule has 108 valence electrons. The number of aliphatic carboxylic acids is 1. The third kappa shape index (κ3) is 2.19. The largest absolute Gasteiger partial charge is 0.507 e. The molecule has 20 heavy (non-hydrogen) atoms. The number of ether oxygens (including phenoxy) is 1. The van der Waals surface area contributed by atoms with Gasteiger partial charge in [0.05, 0.1) is 5.57 Å². The van der Waals surface area contributed by atoms with E-state index in [9.17, 15) is 23.1 Å². The number of alkyl halides is 3. The molecule has 7 heteroatoms. The van der Waals surface area contributed by atoms with Crippen LogP contribution in [-0.4, -0.2) is 28.5 Å². The molecule has 1 aliphatic heterocycles. The Morgan fingerprint density at radius 2 is 1.95 bits per heavy atom. The molecule has 0 bridgehead atoms. The number of rotatable bonds is 1. The highest BCUT2D eigenvalue weighted by atomic mass is 19.4. The fraction of sp³-hybridized carbons (Fsp3) is 0.308. The van der Waals surface area contributed by atoms with Crippen molar-refractivity contribution in [1.29, 1.82) is 0 Å². The molecule has 0 aromatic heterocycles. The smallest absolute Gasteiger partial charge is 0.430 e. The SMILES string of the molecule is Cc1cc2c(c(C)c1O)C=C(C(=O)O)[C@@H](C(F)(F)F)O2. The maximum Gasteiger partial charge on any atom is 0.430 e. The number of carboxylic acid groups (broad SMARTS) is 1. The number of phenols is 1. The molecule has 0 amide bonds. The lowest BCUT2D eigenvalue weighted by atomic mass is 9.95. The zero-order valence-corrected chi connectivity index (χ0v) is 10.6. The molecule has 0 fully saturated rings. The van der Waals surface area contributed by atoms with Gasteiger partial charge in [0.15, 0.2) is 0 Å². The second-order valence-electron chi connectivity index (χ2n) is 4.52. The highest BCUT2D eigenvalue weighted by Gasteiger charge is 2.48. The zero-order valence-electron chi connectivity index (χ0n) is 10.6. The van der Waals surface area contributed by atoms with Gasteiger partial charge < -0.3 is 14.9 Å². The Morgan fingerprint density at radius 1 is 1.35 bits per heavy atom. The van der Waals surface area contributed by atoms with Gasteiger partial charge in [-0.2, -0.15) is 13.2 Å². The van der Waals surface area contributed by atoms with Crippen LogP contribution < -0.4 is 4.74 Å². The lowest BCUT2D eigenvalue weighted by molar-refractivity contribution is -0.187. The maximum atomic E-state index is 12.8. The molecule has 2 N–H and O–H groups in total. The Morgan fingerprint density at radius 3 is 2.45 bits per heavy atom. The van der Waals surface area contributed by atoms with E-state index in [1.165, 1.54) is 19.9 Å². The molecule has 0 saturated heterocycles. The summed E-state index contributed by atoms with van der Waals surface area (Å²) in [4.78, 5) is 11.0. The zero-order chi connectivity index (χ0) is 15.2. The average Bonchev–Trinajstić information content (AvgIpc) is 2.33. The number of phenolic OH excluding ortho intramolecular Hbond substituents is 1. The van der Waals surface area contributed by atoms with E-state index in [4.69, 9.17) is 9.84 Å². The molecule has 1 aromatic carbocycles. The molecule has 0 aliphatic carbocycles. The molecule has 1 aliphatic rings. The quantitative estimate of drug-likeness (QED) is 0.834. The van der Waals surface area contributed by atoms with Crippen LogP contribution in [0.4, 0.5) is 13.2 Å². The predicted molar refractivity (Wildman–Crippen MR) is 63.7 cm³/mol. The minimum absolute atomic E-state index is 0.0925. The van der Waals surface area contributed by atoms with Crippen LogP contribution in [0.1, 0.15) is 16.7 Å². The summed E-state index contributed by atoms with van der Waals surface area (Å²) in [5, 5.41) is 18.7. The van der Waals surface area contributed by atoms with Gasteiger partial charge in [-0.05, 0) is 31.6 Å². The van der Waals surface area contributed by atoms with Crippen LogP contribution in [0.5, 0.6) is 11.5 Å². The molecule has 0 saturated carbocycles. The maximum absolute atomic E-state index is 12.8. The number of hydrogen-bond donors (Lipinski definition) is 2. The standard InChI is InChI=1S/C13H11F3O4/c1-5-3-9-7(6(2)10(5)17)4-8(12(18)19)11(20-9)13(14,15)16/h3-4,11,17H,1-2H3,(H,18,19)/t11-/m0/s1. The Labute approximate surface area is 112 Å². The van der Waals surface area contributed by atoms with Crippen molar-refractivity contribution < 1.29 is 32.9 Å². The third-order valence-electron chi connectivity index (χ3n) is 3.12. The van der Waals surface area contributed by atoms with Crippen LogP contribution in [0.2, 0.25) is 0 Å². The number of carbonyl (C=O) groups is 1. The second kappa shape index (κ2) is 4.43. The first-order chi connectivity index (χ1) is 9.12. The molecule has 0 spiro atoms. The fourth-order valence-electron chi connectivity index (χ4n) is 2.07. The van der Waals surface area contributed by atoms with E-state index in [0.717, 1.165) is 6.08 Å². The molecular formula is C13H11F3O4. The first-order valence-electron chi connectivity index (χ1n) is 5.64. The van der Waals surface area contributed by atoms with Crippen molar-refractivity contribution in [2.75, 3.05) is 0 Å². The van der Waals surface area contributed by atoms with Gasteiger partial charge in [0.1, 0.15) is 11.5 Å². The number of carboxylic acids is 1. The van der Waals surface area contributed by atoms with Gasteiger partial charge in [-0.15, -0.1) is 0 Å². The highest BCUT2D eigenvalue weighted by Crippen LogP contribution is 2.41. The van der Waals surface area contributed by atoms with Crippen molar-refractivity contribution in [2.45, 2.75) is 26.1 Å². The summed E-state index contributed by atoms with van der Waals surface area (Å²) < 4.78 is 43.3. The Bertz CT molecular complexity index is 617. The van der Waals surface area contributed by atoms with Gasteiger partial charge in [0.2, 0.25) is 6.10 Å².